The molecule has 1 aromatic rings. The number of carbonyl (C=O) groups excluding carboxylic acids is 1. The second-order valence-electron chi connectivity index (χ2n) is 4.09. The summed E-state index contributed by atoms with van der Waals surface area (Å²) < 4.78 is 0. The molecule has 0 aromatic heterocycles. The van der Waals surface area contributed by atoms with E-state index in [1.807, 2.05) is 0 Å². The Bertz CT molecular complexity index is 462. The Hall–Kier alpha value is -1.71. The zero-order chi connectivity index (χ0) is 12.3. The summed E-state index contributed by atoms with van der Waals surface area (Å²) in [6.07, 6.45) is 5.40. The maximum Gasteiger partial charge on any atom is 0.201 e. The molecule has 2 N–H and O–H groups in total. The monoisotopic (exact) mass is 230 g/mol. The van der Waals surface area contributed by atoms with Gasteiger partial charge < -0.3 is 10.2 Å². The van der Waals surface area contributed by atoms with Gasteiger partial charge in [0.15, 0.2) is 0 Å². The lowest BCUT2D eigenvalue weighted by Crippen LogP contribution is -2.40. The van der Waals surface area contributed by atoms with Crippen LogP contribution in [0.1, 0.15) is 18.1 Å². The van der Waals surface area contributed by atoms with Crippen LogP contribution >= 0.6 is 0 Å². The molecular weight excluding hydrogens is 216 g/mol. The van der Waals surface area contributed by atoms with Crippen molar-refractivity contribution in [2.75, 3.05) is 0 Å². The molecule has 0 radical (unpaired) electrons. The third kappa shape index (κ3) is 2.35. The number of Topliss-reactive ketones (excluding diaryl/α,β-unsaturated/α-hetero) is 1. The number of hydrogen-bond donors (Lipinski definition) is 2. The van der Waals surface area contributed by atoms with Crippen molar-refractivity contribution < 1.29 is 15.0 Å². The largest absolute Gasteiger partial charge is 0.380 e. The van der Waals surface area contributed by atoms with Gasteiger partial charge in [-0.15, -0.1) is 0 Å². The fourth-order valence-electron chi connectivity index (χ4n) is 1.82. The number of aliphatic hydroxyl groups is 2. The summed E-state index contributed by atoms with van der Waals surface area (Å²) in [4.78, 5) is 12.0. The van der Waals surface area contributed by atoms with E-state index in [-0.39, 0.29) is 6.42 Å². The molecule has 0 aliphatic heterocycles. The lowest BCUT2D eigenvalue weighted by molar-refractivity contribution is -0.141. The second-order valence-corrected chi connectivity index (χ2v) is 4.09. The van der Waals surface area contributed by atoms with Crippen LogP contribution in [0.5, 0.6) is 0 Å². The molecule has 3 nitrogen and oxygen atoms in total. The number of rotatable bonds is 3. The van der Waals surface area contributed by atoms with Gasteiger partial charge in [-0.2, -0.15) is 0 Å². The molecule has 88 valence electrons. The average molecular weight is 230 g/mol. The Morgan fingerprint density at radius 1 is 1.24 bits per heavy atom. The average Bonchev–Trinajstić information content (AvgIpc) is 2.39. The highest BCUT2D eigenvalue weighted by molar-refractivity contribution is 5.94. The van der Waals surface area contributed by atoms with E-state index >= 15 is 0 Å². The van der Waals surface area contributed by atoms with Crippen LogP contribution in [-0.4, -0.2) is 21.6 Å². The standard InChI is InChI=1S/C14H14O3/c15-12(11-7-3-1-4-8-11)13(16)14(17)9-5-2-6-10-14/h1-9,12,15,17H,10H2/t12-,14-/m1/s1. The van der Waals surface area contributed by atoms with Crippen LogP contribution in [-0.2, 0) is 4.79 Å². The van der Waals surface area contributed by atoms with E-state index in [0.717, 1.165) is 0 Å². The maximum atomic E-state index is 12.0. The molecule has 0 unspecified atom stereocenters. The fourth-order valence-corrected chi connectivity index (χ4v) is 1.82. The summed E-state index contributed by atoms with van der Waals surface area (Å²) in [5.41, 5.74) is -1.10. The SMILES string of the molecule is O=C([C@H](O)c1ccccc1)[C@@]1(O)C=CC=CC1. The van der Waals surface area contributed by atoms with Crippen molar-refractivity contribution >= 4 is 5.78 Å². The van der Waals surface area contributed by atoms with E-state index in [2.05, 4.69) is 0 Å². The second kappa shape index (κ2) is 4.65. The zero-order valence-electron chi connectivity index (χ0n) is 9.28. The van der Waals surface area contributed by atoms with E-state index in [1.165, 1.54) is 6.08 Å². The van der Waals surface area contributed by atoms with Crippen molar-refractivity contribution in [2.45, 2.75) is 18.1 Å². The van der Waals surface area contributed by atoms with Crippen LogP contribution in [0.2, 0.25) is 0 Å². The van der Waals surface area contributed by atoms with Gasteiger partial charge in [-0.05, 0) is 11.6 Å². The summed E-state index contributed by atoms with van der Waals surface area (Å²) >= 11 is 0. The van der Waals surface area contributed by atoms with Crippen LogP contribution in [0.3, 0.4) is 0 Å². The topological polar surface area (TPSA) is 57.5 Å². The molecule has 0 spiro atoms. The minimum atomic E-state index is -1.59. The van der Waals surface area contributed by atoms with Gasteiger partial charge in [-0.25, -0.2) is 0 Å². The predicted molar refractivity (Wildman–Crippen MR) is 64.3 cm³/mol. The smallest absolute Gasteiger partial charge is 0.201 e. The van der Waals surface area contributed by atoms with Gasteiger partial charge in [0.2, 0.25) is 5.78 Å². The number of ketones is 1. The van der Waals surface area contributed by atoms with Gasteiger partial charge in [0, 0.05) is 6.42 Å². The van der Waals surface area contributed by atoms with Gasteiger partial charge in [-0.1, -0.05) is 48.6 Å². The highest BCUT2D eigenvalue weighted by Gasteiger charge is 2.37. The third-order valence-corrected chi connectivity index (χ3v) is 2.84. The Morgan fingerprint density at radius 3 is 2.53 bits per heavy atom. The van der Waals surface area contributed by atoms with E-state index in [0.29, 0.717) is 5.56 Å². The zero-order valence-corrected chi connectivity index (χ0v) is 9.28. The number of hydrogen-bond acceptors (Lipinski definition) is 3. The Labute approximate surface area is 99.7 Å². The highest BCUT2D eigenvalue weighted by Crippen LogP contribution is 2.26. The maximum absolute atomic E-state index is 12.0. The summed E-state index contributed by atoms with van der Waals surface area (Å²) in [5, 5.41) is 20.1. The Balaban J connectivity index is 2.21. The van der Waals surface area contributed by atoms with Crippen LogP contribution in [0.15, 0.2) is 54.6 Å². The van der Waals surface area contributed by atoms with Crippen LogP contribution < -0.4 is 0 Å². The minimum Gasteiger partial charge on any atom is -0.380 e. The summed E-state index contributed by atoms with van der Waals surface area (Å²) in [5.74, 6) is -0.593. The van der Waals surface area contributed by atoms with Gasteiger partial charge >= 0.3 is 0 Å². The quantitative estimate of drug-likeness (QED) is 0.828. The van der Waals surface area contributed by atoms with Crippen LogP contribution in [0.25, 0.3) is 0 Å². The third-order valence-electron chi connectivity index (χ3n) is 2.84. The molecule has 0 heterocycles. The number of carbonyl (C=O) groups is 1. The molecule has 1 aromatic carbocycles. The molecule has 2 atom stereocenters. The molecule has 0 saturated heterocycles. The first kappa shape index (κ1) is 11.8. The molecule has 0 saturated carbocycles. The van der Waals surface area contributed by atoms with E-state index in [4.69, 9.17) is 0 Å². The van der Waals surface area contributed by atoms with Gasteiger partial charge in [0.25, 0.3) is 0 Å². The molecule has 2 rings (SSSR count). The molecule has 0 bridgehead atoms. The van der Waals surface area contributed by atoms with Crippen molar-refractivity contribution in [3.8, 4) is 0 Å². The molecule has 0 fully saturated rings. The molecule has 1 aliphatic rings. The highest BCUT2D eigenvalue weighted by atomic mass is 16.3. The van der Waals surface area contributed by atoms with E-state index < -0.39 is 17.5 Å². The lowest BCUT2D eigenvalue weighted by Gasteiger charge is -2.26. The van der Waals surface area contributed by atoms with Crippen molar-refractivity contribution in [3.05, 3.63) is 60.2 Å². The fraction of sp³-hybridized carbons (Fsp3) is 0.214. The Kier molecular flexibility index (Phi) is 3.22. The first-order valence-corrected chi connectivity index (χ1v) is 5.47. The predicted octanol–water partition coefficient (Wildman–Crippen LogP) is 1.54. The van der Waals surface area contributed by atoms with Gasteiger partial charge in [-0.3, -0.25) is 4.79 Å². The van der Waals surface area contributed by atoms with Gasteiger partial charge in [0.05, 0.1) is 0 Å². The Morgan fingerprint density at radius 2 is 1.94 bits per heavy atom. The van der Waals surface area contributed by atoms with Crippen LogP contribution in [0.4, 0.5) is 0 Å². The van der Waals surface area contributed by atoms with E-state index in [9.17, 15) is 15.0 Å². The number of aliphatic hydroxyl groups excluding tert-OH is 1. The first-order chi connectivity index (χ1) is 8.13. The summed E-state index contributed by atoms with van der Waals surface area (Å²) in [6, 6.07) is 8.61. The minimum absolute atomic E-state index is 0.201. The molecule has 1 aliphatic carbocycles. The van der Waals surface area contributed by atoms with Crippen molar-refractivity contribution in [2.24, 2.45) is 0 Å². The molecular formula is C14H14O3. The normalized spacial score (nSPS) is 24.6. The van der Waals surface area contributed by atoms with Crippen molar-refractivity contribution in [1.29, 1.82) is 0 Å². The summed E-state index contributed by atoms with van der Waals surface area (Å²) in [6.45, 7) is 0. The van der Waals surface area contributed by atoms with Crippen molar-refractivity contribution in [3.63, 3.8) is 0 Å². The lowest BCUT2D eigenvalue weighted by atomic mass is 9.86. The van der Waals surface area contributed by atoms with E-state index in [1.54, 1.807) is 48.6 Å². The first-order valence-electron chi connectivity index (χ1n) is 5.47. The number of allylic oxidation sites excluding steroid dienone is 2. The molecule has 3 heteroatoms. The summed E-state index contributed by atoms with van der Waals surface area (Å²) in [7, 11) is 0. The molecule has 17 heavy (non-hydrogen) atoms. The van der Waals surface area contributed by atoms with Gasteiger partial charge in [0.1, 0.15) is 11.7 Å². The molecule has 0 amide bonds. The van der Waals surface area contributed by atoms with Crippen molar-refractivity contribution in [1.82, 2.24) is 0 Å². The van der Waals surface area contributed by atoms with Crippen LogP contribution in [0, 0.1) is 0 Å². The number of benzene rings is 1.